The summed E-state index contributed by atoms with van der Waals surface area (Å²) >= 11 is 0. The Bertz CT molecular complexity index is 830. The molecule has 0 radical (unpaired) electrons. The van der Waals surface area contributed by atoms with Gasteiger partial charge in [-0.3, -0.25) is 4.79 Å². The number of carbonyl (C=O) groups is 1. The smallest absolute Gasteiger partial charge is 0.146 e. The van der Waals surface area contributed by atoms with Gasteiger partial charge in [0.1, 0.15) is 5.78 Å². The van der Waals surface area contributed by atoms with Gasteiger partial charge in [-0.05, 0) is 106 Å². The lowest BCUT2D eigenvalue weighted by Gasteiger charge is -2.48. The minimum absolute atomic E-state index is 0.0158. The lowest BCUT2D eigenvalue weighted by Crippen LogP contribution is -2.48. The fraction of sp³-hybridized carbons (Fsp3) is 0.900. The van der Waals surface area contributed by atoms with E-state index in [1.54, 1.807) is 0 Å². The van der Waals surface area contributed by atoms with Gasteiger partial charge in [-0.15, -0.1) is 0 Å². The number of ketones is 1. The Morgan fingerprint density at radius 3 is 2.41 bits per heavy atom. The summed E-state index contributed by atoms with van der Waals surface area (Å²) in [6.45, 7) is 15.5. The van der Waals surface area contributed by atoms with Gasteiger partial charge in [0.05, 0.1) is 11.7 Å². The van der Waals surface area contributed by atoms with E-state index < -0.39 is 11.0 Å². The van der Waals surface area contributed by atoms with Crippen molar-refractivity contribution in [1.29, 1.82) is 0 Å². The molecule has 0 aromatic rings. The first-order chi connectivity index (χ1) is 15.7. The number of carbonyl (C=O) groups excluding carboxylic acids is 1. The molecule has 10 atom stereocenters. The first-order valence-corrected chi connectivity index (χ1v) is 14.0. The summed E-state index contributed by atoms with van der Waals surface area (Å²) in [6, 6.07) is 0. The quantitative estimate of drug-likeness (QED) is 0.424. The van der Waals surface area contributed by atoms with Crippen molar-refractivity contribution in [3.05, 3.63) is 11.6 Å². The van der Waals surface area contributed by atoms with Crippen LogP contribution >= 0.6 is 0 Å². The standard InChI is InChI=1S/C30H50O4/c1-18(2)30(7,34)29(6)17-25(29)19(3)23-10-11-24(28(23,5)14-15-31)22-9-8-20-16-21(32)12-13-27(20,4)26(22)33/h8,18-19,21-25,31-32,34H,9-17H2,1-7H3/t19-,21-,22-,23+,24-,25+,27-,28+,29-,30-/m0/s1. The van der Waals surface area contributed by atoms with Crippen LogP contribution in [0.5, 0.6) is 0 Å². The van der Waals surface area contributed by atoms with Crippen molar-refractivity contribution in [3.8, 4) is 0 Å². The van der Waals surface area contributed by atoms with Crippen LogP contribution in [0.1, 0.15) is 99.8 Å². The van der Waals surface area contributed by atoms with Crippen molar-refractivity contribution >= 4 is 5.78 Å². The Morgan fingerprint density at radius 2 is 1.79 bits per heavy atom. The van der Waals surface area contributed by atoms with Gasteiger partial charge in [0, 0.05) is 17.9 Å². The lowest BCUT2D eigenvalue weighted by atomic mass is 9.55. The molecular weight excluding hydrogens is 424 g/mol. The highest BCUT2D eigenvalue weighted by atomic mass is 16.3. The van der Waals surface area contributed by atoms with Crippen molar-refractivity contribution in [2.45, 2.75) is 112 Å². The van der Waals surface area contributed by atoms with Crippen molar-refractivity contribution < 1.29 is 20.1 Å². The van der Waals surface area contributed by atoms with Gasteiger partial charge >= 0.3 is 0 Å². The van der Waals surface area contributed by atoms with Gasteiger partial charge in [0.15, 0.2) is 0 Å². The summed E-state index contributed by atoms with van der Waals surface area (Å²) in [5, 5.41) is 31.6. The van der Waals surface area contributed by atoms with E-state index in [1.807, 2.05) is 6.92 Å². The molecule has 0 unspecified atom stereocenters. The maximum Gasteiger partial charge on any atom is 0.146 e. The molecule has 3 fully saturated rings. The summed E-state index contributed by atoms with van der Waals surface area (Å²) in [7, 11) is 0. The van der Waals surface area contributed by atoms with Gasteiger partial charge in [-0.1, -0.05) is 46.3 Å². The van der Waals surface area contributed by atoms with E-state index in [4.69, 9.17) is 0 Å². The molecule has 4 nitrogen and oxygen atoms in total. The minimum atomic E-state index is -0.683. The molecule has 4 aliphatic rings. The van der Waals surface area contributed by atoms with Crippen LogP contribution in [0.25, 0.3) is 0 Å². The van der Waals surface area contributed by atoms with Crippen LogP contribution < -0.4 is 0 Å². The molecule has 0 bridgehead atoms. The Kier molecular flexibility index (Phi) is 6.74. The first kappa shape index (κ1) is 26.4. The zero-order valence-corrected chi connectivity index (χ0v) is 22.7. The summed E-state index contributed by atoms with van der Waals surface area (Å²) in [5.41, 5.74) is -0.0796. The lowest BCUT2D eigenvalue weighted by molar-refractivity contribution is -0.136. The molecule has 194 valence electrons. The summed E-state index contributed by atoms with van der Waals surface area (Å²) in [5.74, 6) is 2.31. The number of hydrogen-bond acceptors (Lipinski definition) is 4. The number of aliphatic hydroxyl groups is 3. The SMILES string of the molecule is CC(C)[C@](C)(O)[C@@]1(C)C[C@@H]1[C@@H](C)[C@H]1CC[C@@H]([C@@H]2CC=C3C[C@@H](O)CC[C@]3(C)C2=O)[C@]1(C)CCO. The highest BCUT2D eigenvalue weighted by Gasteiger charge is 2.66. The monoisotopic (exact) mass is 474 g/mol. The molecule has 0 saturated heterocycles. The van der Waals surface area contributed by atoms with E-state index in [0.29, 0.717) is 36.4 Å². The Balaban J connectivity index is 1.58. The minimum Gasteiger partial charge on any atom is -0.396 e. The van der Waals surface area contributed by atoms with Crippen LogP contribution in [0.3, 0.4) is 0 Å². The zero-order valence-electron chi connectivity index (χ0n) is 22.7. The molecule has 3 N–H and O–H groups in total. The molecule has 0 aromatic carbocycles. The van der Waals surface area contributed by atoms with E-state index in [1.165, 1.54) is 0 Å². The van der Waals surface area contributed by atoms with Crippen LogP contribution in [0, 0.1) is 51.8 Å². The van der Waals surface area contributed by atoms with E-state index >= 15 is 0 Å². The second-order valence-electron chi connectivity index (χ2n) is 13.8. The average Bonchev–Trinajstić information content (AvgIpc) is 3.36. The fourth-order valence-corrected chi connectivity index (χ4v) is 9.03. The maximum atomic E-state index is 14.0. The summed E-state index contributed by atoms with van der Waals surface area (Å²) in [4.78, 5) is 14.0. The van der Waals surface area contributed by atoms with Crippen molar-refractivity contribution in [2.75, 3.05) is 6.61 Å². The number of allylic oxidation sites excluding steroid dienone is 1. The van der Waals surface area contributed by atoms with Crippen LogP contribution in [0.2, 0.25) is 0 Å². The molecule has 4 heteroatoms. The molecular formula is C30H50O4. The van der Waals surface area contributed by atoms with Crippen molar-refractivity contribution in [1.82, 2.24) is 0 Å². The molecule has 0 spiro atoms. The van der Waals surface area contributed by atoms with Gasteiger partial charge < -0.3 is 15.3 Å². The van der Waals surface area contributed by atoms with Gasteiger partial charge in [0.2, 0.25) is 0 Å². The molecule has 3 saturated carbocycles. The van der Waals surface area contributed by atoms with Crippen molar-refractivity contribution in [3.63, 3.8) is 0 Å². The van der Waals surface area contributed by atoms with Gasteiger partial charge in [0.25, 0.3) is 0 Å². The summed E-state index contributed by atoms with van der Waals surface area (Å²) < 4.78 is 0. The van der Waals surface area contributed by atoms with E-state index in [0.717, 1.165) is 44.1 Å². The second-order valence-corrected chi connectivity index (χ2v) is 13.8. The third-order valence-electron chi connectivity index (χ3n) is 12.1. The topological polar surface area (TPSA) is 77.8 Å². The maximum absolute atomic E-state index is 14.0. The van der Waals surface area contributed by atoms with Crippen LogP contribution in [-0.2, 0) is 4.79 Å². The first-order valence-electron chi connectivity index (χ1n) is 14.0. The molecule has 34 heavy (non-hydrogen) atoms. The van der Waals surface area contributed by atoms with Crippen LogP contribution in [-0.4, -0.2) is 39.4 Å². The normalized spacial score (nSPS) is 47.2. The second kappa shape index (κ2) is 8.70. The highest BCUT2D eigenvalue weighted by molar-refractivity contribution is 5.91. The molecule has 0 aliphatic heterocycles. The fourth-order valence-electron chi connectivity index (χ4n) is 9.03. The third-order valence-corrected chi connectivity index (χ3v) is 12.1. The van der Waals surface area contributed by atoms with Crippen LogP contribution in [0.15, 0.2) is 11.6 Å². The van der Waals surface area contributed by atoms with Gasteiger partial charge in [-0.2, -0.15) is 0 Å². The number of rotatable bonds is 7. The predicted molar refractivity (Wildman–Crippen MR) is 136 cm³/mol. The Labute approximate surface area is 207 Å². The molecule has 4 rings (SSSR count). The van der Waals surface area contributed by atoms with Gasteiger partial charge in [-0.25, -0.2) is 0 Å². The highest BCUT2D eigenvalue weighted by Crippen LogP contribution is 2.69. The Hall–Kier alpha value is -0.710. The zero-order chi connectivity index (χ0) is 25.3. The largest absolute Gasteiger partial charge is 0.396 e. The average molecular weight is 475 g/mol. The van der Waals surface area contributed by atoms with E-state index in [2.05, 4.69) is 47.6 Å². The molecule has 0 heterocycles. The summed E-state index contributed by atoms with van der Waals surface area (Å²) in [6.07, 6.45) is 8.82. The number of fused-ring (bicyclic) bond motifs is 1. The van der Waals surface area contributed by atoms with E-state index in [9.17, 15) is 20.1 Å². The Morgan fingerprint density at radius 1 is 1.12 bits per heavy atom. The number of Topliss-reactive ketones (excluding diaryl/α,β-unsaturated/α-hetero) is 1. The molecule has 4 aliphatic carbocycles. The number of aliphatic hydroxyl groups excluding tert-OH is 2. The van der Waals surface area contributed by atoms with Crippen molar-refractivity contribution in [2.24, 2.45) is 51.8 Å². The third kappa shape index (κ3) is 3.77. The predicted octanol–water partition coefficient (Wildman–Crippen LogP) is 5.54. The molecule has 0 aromatic heterocycles. The van der Waals surface area contributed by atoms with Crippen LogP contribution in [0.4, 0.5) is 0 Å². The van der Waals surface area contributed by atoms with E-state index in [-0.39, 0.29) is 41.3 Å². The number of hydrogen-bond donors (Lipinski definition) is 3. The molecule has 0 amide bonds.